The van der Waals surface area contributed by atoms with Gasteiger partial charge in [-0.15, -0.1) is 0 Å². The molecule has 6 heteroatoms. The third-order valence-corrected chi connectivity index (χ3v) is 4.90. The minimum Gasteiger partial charge on any atom is -0.496 e. The van der Waals surface area contributed by atoms with Gasteiger partial charge in [-0.3, -0.25) is 19.7 Å². The Balaban J connectivity index is 1.70. The molecule has 1 aromatic rings. The van der Waals surface area contributed by atoms with Gasteiger partial charge in [0.05, 0.1) is 12.7 Å². The number of nitrogens with one attached hydrogen (secondary N) is 1. The van der Waals surface area contributed by atoms with Crippen LogP contribution in [0, 0.1) is 0 Å². The van der Waals surface area contributed by atoms with Crippen LogP contribution in [0.15, 0.2) is 12.1 Å². The van der Waals surface area contributed by atoms with E-state index < -0.39 is 6.04 Å². The molecule has 6 nitrogen and oxygen atoms in total. The maximum atomic E-state index is 12.9. The predicted molar refractivity (Wildman–Crippen MR) is 81.0 cm³/mol. The van der Waals surface area contributed by atoms with E-state index in [1.54, 1.807) is 12.0 Å². The third-order valence-electron chi connectivity index (χ3n) is 4.90. The maximum Gasteiger partial charge on any atom is 0.255 e. The molecule has 1 unspecified atom stereocenters. The molecule has 2 aliphatic heterocycles. The van der Waals surface area contributed by atoms with Gasteiger partial charge >= 0.3 is 0 Å². The second kappa shape index (κ2) is 5.08. The molecule has 0 bridgehead atoms. The smallest absolute Gasteiger partial charge is 0.255 e. The number of fused-ring (bicyclic) bond motifs is 1. The summed E-state index contributed by atoms with van der Waals surface area (Å²) in [4.78, 5) is 38.0. The minimum atomic E-state index is -0.564. The number of carbonyl (C=O) groups is 3. The number of hydrogen-bond acceptors (Lipinski definition) is 4. The topological polar surface area (TPSA) is 75.7 Å². The number of piperidine rings is 1. The molecule has 1 atom stereocenters. The summed E-state index contributed by atoms with van der Waals surface area (Å²) in [7, 11) is 1.62. The SMILES string of the molecule is COc1ccc2c(c1C1CC1)C(=O)N(C1CCC(=O)NC1=O)C2. The fraction of sp³-hybridized carbons (Fsp3) is 0.471. The Morgan fingerprint density at radius 1 is 1.17 bits per heavy atom. The molecule has 0 spiro atoms. The quantitative estimate of drug-likeness (QED) is 0.854. The third kappa shape index (κ3) is 2.20. The molecular formula is C17H18N2O4. The monoisotopic (exact) mass is 314 g/mol. The van der Waals surface area contributed by atoms with E-state index in [9.17, 15) is 14.4 Å². The summed E-state index contributed by atoms with van der Waals surface area (Å²) < 4.78 is 5.44. The summed E-state index contributed by atoms with van der Waals surface area (Å²) in [5, 5.41) is 2.33. The highest BCUT2D eigenvalue weighted by Gasteiger charge is 2.43. The highest BCUT2D eigenvalue weighted by Crippen LogP contribution is 2.48. The van der Waals surface area contributed by atoms with Crippen molar-refractivity contribution in [2.24, 2.45) is 0 Å². The van der Waals surface area contributed by atoms with Crippen LogP contribution in [0.25, 0.3) is 0 Å². The molecule has 1 N–H and O–H groups in total. The van der Waals surface area contributed by atoms with Crippen LogP contribution < -0.4 is 10.1 Å². The van der Waals surface area contributed by atoms with E-state index in [4.69, 9.17) is 4.74 Å². The van der Waals surface area contributed by atoms with Crippen LogP contribution in [0.4, 0.5) is 0 Å². The Labute approximate surface area is 133 Å². The number of methoxy groups -OCH3 is 1. The van der Waals surface area contributed by atoms with Gasteiger partial charge in [0.1, 0.15) is 11.8 Å². The van der Waals surface area contributed by atoms with Crippen LogP contribution in [0.5, 0.6) is 5.75 Å². The first-order valence-electron chi connectivity index (χ1n) is 7.94. The van der Waals surface area contributed by atoms with Crippen LogP contribution in [0.3, 0.4) is 0 Å². The second-order valence-corrected chi connectivity index (χ2v) is 6.39. The first-order valence-corrected chi connectivity index (χ1v) is 7.94. The Morgan fingerprint density at radius 2 is 1.96 bits per heavy atom. The zero-order valence-electron chi connectivity index (χ0n) is 12.9. The summed E-state index contributed by atoms with van der Waals surface area (Å²) in [6.07, 6.45) is 2.80. The van der Waals surface area contributed by atoms with Gasteiger partial charge < -0.3 is 9.64 Å². The van der Waals surface area contributed by atoms with Crippen molar-refractivity contribution < 1.29 is 19.1 Å². The first-order chi connectivity index (χ1) is 11.1. The number of imide groups is 1. The van der Waals surface area contributed by atoms with Crippen LogP contribution in [0.1, 0.15) is 53.1 Å². The molecule has 3 aliphatic rings. The van der Waals surface area contributed by atoms with E-state index in [-0.39, 0.29) is 24.1 Å². The highest BCUT2D eigenvalue weighted by molar-refractivity contribution is 6.06. The van der Waals surface area contributed by atoms with E-state index in [1.807, 2.05) is 12.1 Å². The van der Waals surface area contributed by atoms with Crippen LogP contribution in [0.2, 0.25) is 0 Å². The molecule has 120 valence electrons. The fourth-order valence-corrected chi connectivity index (χ4v) is 3.62. The lowest BCUT2D eigenvalue weighted by molar-refractivity contribution is -0.136. The molecule has 2 heterocycles. The van der Waals surface area contributed by atoms with Gasteiger partial charge in [-0.1, -0.05) is 6.07 Å². The van der Waals surface area contributed by atoms with E-state index in [0.29, 0.717) is 24.4 Å². The van der Waals surface area contributed by atoms with Crippen LogP contribution in [-0.4, -0.2) is 35.8 Å². The van der Waals surface area contributed by atoms with Crippen molar-refractivity contribution in [2.45, 2.75) is 44.2 Å². The number of nitrogens with zero attached hydrogens (tertiary/aromatic N) is 1. The Morgan fingerprint density at radius 3 is 2.61 bits per heavy atom. The normalized spacial score (nSPS) is 23.8. The second-order valence-electron chi connectivity index (χ2n) is 6.39. The van der Waals surface area contributed by atoms with Gasteiger partial charge in [0.15, 0.2) is 0 Å². The van der Waals surface area contributed by atoms with Gasteiger partial charge in [0.2, 0.25) is 11.8 Å². The number of benzene rings is 1. The molecule has 1 aliphatic carbocycles. The van der Waals surface area contributed by atoms with Crippen molar-refractivity contribution in [1.29, 1.82) is 0 Å². The molecule has 23 heavy (non-hydrogen) atoms. The number of rotatable bonds is 3. The average Bonchev–Trinajstić information content (AvgIpc) is 3.31. The van der Waals surface area contributed by atoms with E-state index >= 15 is 0 Å². The molecule has 1 saturated heterocycles. The lowest BCUT2D eigenvalue weighted by atomic mass is 9.98. The molecular weight excluding hydrogens is 296 g/mol. The molecule has 0 aromatic heterocycles. The Bertz CT molecular complexity index is 724. The Hall–Kier alpha value is -2.37. The van der Waals surface area contributed by atoms with Crippen molar-refractivity contribution in [3.8, 4) is 5.75 Å². The molecule has 1 saturated carbocycles. The predicted octanol–water partition coefficient (Wildman–Crippen LogP) is 1.33. The molecule has 1 aromatic carbocycles. The number of amides is 3. The van der Waals surface area contributed by atoms with E-state index in [2.05, 4.69) is 5.32 Å². The highest BCUT2D eigenvalue weighted by atomic mass is 16.5. The number of carbonyl (C=O) groups excluding carboxylic acids is 3. The van der Waals surface area contributed by atoms with E-state index in [0.717, 1.165) is 29.7 Å². The summed E-state index contributed by atoms with van der Waals surface area (Å²) in [5.74, 6) is 0.378. The van der Waals surface area contributed by atoms with Gasteiger partial charge in [-0.2, -0.15) is 0 Å². The summed E-state index contributed by atoms with van der Waals surface area (Å²) in [6.45, 7) is 0.421. The summed E-state index contributed by atoms with van der Waals surface area (Å²) in [5.41, 5.74) is 2.64. The first kappa shape index (κ1) is 14.2. The largest absolute Gasteiger partial charge is 0.496 e. The van der Waals surface area contributed by atoms with Gasteiger partial charge in [0, 0.05) is 18.5 Å². The summed E-state index contributed by atoms with van der Waals surface area (Å²) in [6, 6.07) is 3.25. The zero-order valence-corrected chi connectivity index (χ0v) is 12.9. The molecule has 4 rings (SSSR count). The Kier molecular flexibility index (Phi) is 3.14. The maximum absolute atomic E-state index is 12.9. The van der Waals surface area contributed by atoms with Crippen molar-refractivity contribution in [2.75, 3.05) is 7.11 Å². The molecule has 2 fully saturated rings. The average molecular weight is 314 g/mol. The number of ether oxygens (including phenoxy) is 1. The van der Waals surface area contributed by atoms with E-state index in [1.165, 1.54) is 0 Å². The lowest BCUT2D eigenvalue weighted by Crippen LogP contribution is -2.52. The van der Waals surface area contributed by atoms with Gasteiger partial charge in [0.25, 0.3) is 5.91 Å². The summed E-state index contributed by atoms with van der Waals surface area (Å²) >= 11 is 0. The van der Waals surface area contributed by atoms with Crippen molar-refractivity contribution in [3.05, 3.63) is 28.8 Å². The molecule has 0 radical (unpaired) electrons. The van der Waals surface area contributed by atoms with Crippen molar-refractivity contribution in [1.82, 2.24) is 10.2 Å². The standard InChI is InChI=1S/C17H18N2O4/c1-23-12-6-4-10-8-19(11-5-7-13(20)18-16(11)21)17(22)15(10)14(12)9-2-3-9/h4,6,9,11H,2-3,5,7-8H2,1H3,(H,18,20,21). The van der Waals surface area contributed by atoms with Crippen LogP contribution >= 0.6 is 0 Å². The fourth-order valence-electron chi connectivity index (χ4n) is 3.62. The van der Waals surface area contributed by atoms with Crippen molar-refractivity contribution in [3.63, 3.8) is 0 Å². The van der Waals surface area contributed by atoms with Crippen LogP contribution in [-0.2, 0) is 16.1 Å². The molecule has 3 amide bonds. The van der Waals surface area contributed by atoms with Gasteiger partial charge in [-0.25, -0.2) is 0 Å². The minimum absolute atomic E-state index is 0.115. The number of hydrogen-bond donors (Lipinski definition) is 1. The van der Waals surface area contributed by atoms with Gasteiger partial charge in [-0.05, 0) is 36.8 Å². The zero-order chi connectivity index (χ0) is 16.1. The lowest BCUT2D eigenvalue weighted by Gasteiger charge is -2.29. The van der Waals surface area contributed by atoms with Crippen molar-refractivity contribution >= 4 is 17.7 Å².